The van der Waals surface area contributed by atoms with Gasteiger partial charge in [0.05, 0.1) is 42.2 Å². The Morgan fingerprint density at radius 1 is 0.957 bits per heavy atom. The van der Waals surface area contributed by atoms with Crippen LogP contribution in [-0.2, 0) is 9.53 Å². The quantitative estimate of drug-likeness (QED) is 0.226. The molecule has 0 fully saturated rings. The van der Waals surface area contributed by atoms with E-state index in [0.29, 0.717) is 54.7 Å². The van der Waals surface area contributed by atoms with Gasteiger partial charge in [0.1, 0.15) is 17.6 Å². The second-order valence-corrected chi connectivity index (χ2v) is 11.1. The van der Waals surface area contributed by atoms with E-state index >= 15 is 0 Å². The van der Waals surface area contributed by atoms with Crippen molar-refractivity contribution < 1.29 is 33.3 Å². The summed E-state index contributed by atoms with van der Waals surface area (Å²) in [5.74, 6) is 0.0811. The van der Waals surface area contributed by atoms with Crippen molar-refractivity contribution in [3.63, 3.8) is 0 Å². The minimum absolute atomic E-state index is 0.122. The van der Waals surface area contributed by atoms with Gasteiger partial charge in [0.15, 0.2) is 16.3 Å². The van der Waals surface area contributed by atoms with E-state index in [1.165, 1.54) is 30.9 Å². The van der Waals surface area contributed by atoms with E-state index in [2.05, 4.69) is 0 Å². The molecule has 1 aliphatic rings. The van der Waals surface area contributed by atoms with Crippen LogP contribution in [0.3, 0.4) is 0 Å². The fourth-order valence-corrected chi connectivity index (χ4v) is 6.33. The first-order valence-corrected chi connectivity index (χ1v) is 15.1. The zero-order valence-corrected chi connectivity index (χ0v) is 25.9. The van der Waals surface area contributed by atoms with E-state index in [1.54, 1.807) is 55.5 Å². The van der Waals surface area contributed by atoms with Crippen molar-refractivity contribution in [1.82, 2.24) is 4.57 Å². The number of furan rings is 1. The second-order valence-electron chi connectivity index (χ2n) is 10.1. The van der Waals surface area contributed by atoms with Crippen LogP contribution in [0.2, 0.25) is 0 Å². The number of hydrogen-bond acceptors (Lipinski definition) is 9. The predicted molar refractivity (Wildman–Crippen MR) is 172 cm³/mol. The Labute approximate surface area is 266 Å². The van der Waals surface area contributed by atoms with Gasteiger partial charge in [-0.2, -0.15) is 0 Å². The summed E-state index contributed by atoms with van der Waals surface area (Å²) in [4.78, 5) is 44.5. The minimum atomic E-state index is -1.02. The topological polar surface area (TPSA) is 130 Å². The number of hydrogen-bond donors (Lipinski definition) is 1. The number of para-hydroxylation sites is 1. The first kappa shape index (κ1) is 30.4. The molecule has 5 aromatic rings. The maximum absolute atomic E-state index is 14.2. The SMILES string of the molecule is CCOC(=O)C1=C(c2ccccc2)N=c2s/c(=C\c3ccc(-c4ccc(C(=O)O)cc4)o3)c(=O)n2[C@@H]1c1cccc(OC)c1OC. The van der Waals surface area contributed by atoms with Crippen molar-refractivity contribution in [1.29, 1.82) is 0 Å². The Kier molecular flexibility index (Phi) is 8.41. The van der Waals surface area contributed by atoms with E-state index in [0.717, 1.165) is 11.3 Å². The number of nitrogens with zero attached hydrogens (tertiary/aromatic N) is 2. The van der Waals surface area contributed by atoms with E-state index < -0.39 is 23.5 Å². The van der Waals surface area contributed by atoms with E-state index in [9.17, 15) is 19.5 Å². The minimum Gasteiger partial charge on any atom is -0.493 e. The van der Waals surface area contributed by atoms with Gasteiger partial charge in [-0.05, 0) is 37.3 Å². The van der Waals surface area contributed by atoms with Gasteiger partial charge < -0.3 is 23.7 Å². The number of aromatic carboxylic acids is 1. The molecule has 1 aliphatic heterocycles. The lowest BCUT2D eigenvalue weighted by Crippen LogP contribution is -2.40. The van der Waals surface area contributed by atoms with E-state index in [4.69, 9.17) is 23.6 Å². The first-order chi connectivity index (χ1) is 22.3. The number of aromatic nitrogens is 1. The van der Waals surface area contributed by atoms with Crippen LogP contribution in [-0.4, -0.2) is 42.4 Å². The number of carbonyl (C=O) groups is 2. The molecule has 0 saturated carbocycles. The van der Waals surface area contributed by atoms with Crippen LogP contribution in [0.1, 0.15) is 40.2 Å². The van der Waals surface area contributed by atoms with Gasteiger partial charge in [-0.1, -0.05) is 65.9 Å². The molecule has 1 N–H and O–H groups in total. The summed E-state index contributed by atoms with van der Waals surface area (Å²) < 4.78 is 24.7. The zero-order chi connectivity index (χ0) is 32.4. The Hall–Kier alpha value is -5.68. The summed E-state index contributed by atoms with van der Waals surface area (Å²) in [6.45, 7) is 1.84. The maximum atomic E-state index is 14.2. The highest BCUT2D eigenvalue weighted by molar-refractivity contribution is 7.07. The van der Waals surface area contributed by atoms with Gasteiger partial charge in [-0.25, -0.2) is 14.6 Å². The molecule has 0 aliphatic carbocycles. The van der Waals surface area contributed by atoms with Crippen LogP contribution in [0.25, 0.3) is 23.1 Å². The number of fused-ring (bicyclic) bond motifs is 1. The molecule has 2 aromatic heterocycles. The number of esters is 1. The third-order valence-corrected chi connectivity index (χ3v) is 8.40. The molecule has 0 bridgehead atoms. The molecule has 3 heterocycles. The summed E-state index contributed by atoms with van der Waals surface area (Å²) in [5, 5.41) is 9.20. The van der Waals surface area contributed by atoms with Crippen LogP contribution in [0, 0.1) is 0 Å². The highest BCUT2D eigenvalue weighted by atomic mass is 32.1. The molecule has 0 radical (unpaired) electrons. The normalized spacial score (nSPS) is 14.4. The molecule has 11 heteroatoms. The molecule has 0 amide bonds. The number of carboxylic acid groups (broad SMARTS) is 1. The highest BCUT2D eigenvalue weighted by Gasteiger charge is 2.37. The van der Waals surface area contributed by atoms with Crippen molar-refractivity contribution in [3.05, 3.63) is 133 Å². The van der Waals surface area contributed by atoms with Crippen LogP contribution in [0.4, 0.5) is 0 Å². The Morgan fingerprint density at radius 3 is 2.39 bits per heavy atom. The summed E-state index contributed by atoms with van der Waals surface area (Å²) in [7, 11) is 3.02. The zero-order valence-electron chi connectivity index (χ0n) is 25.1. The van der Waals surface area contributed by atoms with E-state index in [1.807, 2.05) is 30.3 Å². The number of ether oxygens (including phenoxy) is 3. The number of thiazole rings is 1. The Morgan fingerprint density at radius 2 is 1.72 bits per heavy atom. The lowest BCUT2D eigenvalue weighted by atomic mass is 9.92. The fourth-order valence-electron chi connectivity index (χ4n) is 5.35. The Balaban J connectivity index is 1.57. The molecule has 1 atom stereocenters. The summed E-state index contributed by atoms with van der Waals surface area (Å²) in [6, 6.07) is 23.4. The number of benzene rings is 3. The van der Waals surface area contributed by atoms with Gasteiger partial charge in [-0.15, -0.1) is 0 Å². The molecule has 3 aromatic carbocycles. The first-order valence-electron chi connectivity index (χ1n) is 14.3. The van der Waals surface area contributed by atoms with Crippen molar-refractivity contribution in [2.75, 3.05) is 20.8 Å². The van der Waals surface area contributed by atoms with Crippen molar-refractivity contribution in [3.8, 4) is 22.8 Å². The van der Waals surface area contributed by atoms with Gasteiger partial charge in [0.2, 0.25) is 0 Å². The maximum Gasteiger partial charge on any atom is 0.338 e. The van der Waals surface area contributed by atoms with Crippen LogP contribution >= 0.6 is 11.3 Å². The third-order valence-electron chi connectivity index (χ3n) is 7.42. The molecule has 6 rings (SSSR count). The van der Waals surface area contributed by atoms with Crippen LogP contribution in [0.15, 0.2) is 105 Å². The standard InChI is InChI=1S/C35H28N2O8S/c1-4-44-34(41)28-29(21-9-6-5-7-10-21)36-35-37(30(28)24-11-8-12-26(42-2)31(24)43-3)32(38)27(46-35)19-23-17-18-25(45-23)20-13-15-22(16-14-20)33(39)40/h5-19,30H,4H2,1-3H3,(H,39,40)/b27-19-/t30-/m1/s1. The van der Waals surface area contributed by atoms with Crippen LogP contribution < -0.4 is 24.4 Å². The monoisotopic (exact) mass is 636 g/mol. The van der Waals surface area contributed by atoms with Crippen molar-refractivity contribution >= 4 is 35.0 Å². The number of rotatable bonds is 9. The molecule has 0 saturated heterocycles. The van der Waals surface area contributed by atoms with Crippen molar-refractivity contribution in [2.24, 2.45) is 4.99 Å². The van der Waals surface area contributed by atoms with E-state index in [-0.39, 0.29) is 17.7 Å². The van der Waals surface area contributed by atoms with Crippen molar-refractivity contribution in [2.45, 2.75) is 13.0 Å². The largest absolute Gasteiger partial charge is 0.493 e. The predicted octanol–water partition coefficient (Wildman–Crippen LogP) is 4.91. The summed E-state index contributed by atoms with van der Waals surface area (Å²) in [6.07, 6.45) is 1.62. The van der Waals surface area contributed by atoms with Gasteiger partial charge in [0.25, 0.3) is 5.56 Å². The molecular weight excluding hydrogens is 608 g/mol. The van der Waals surface area contributed by atoms with Gasteiger partial charge in [0, 0.05) is 22.8 Å². The molecular formula is C35H28N2O8S. The number of methoxy groups -OCH3 is 2. The lowest BCUT2D eigenvalue weighted by molar-refractivity contribution is -0.138. The molecule has 10 nitrogen and oxygen atoms in total. The fraction of sp³-hybridized carbons (Fsp3) is 0.143. The molecule has 0 spiro atoms. The third kappa shape index (κ3) is 5.52. The summed E-state index contributed by atoms with van der Waals surface area (Å²) >= 11 is 1.16. The van der Waals surface area contributed by atoms with Gasteiger partial charge >= 0.3 is 11.9 Å². The number of carboxylic acids is 1. The molecule has 232 valence electrons. The van der Waals surface area contributed by atoms with Crippen LogP contribution in [0.5, 0.6) is 11.5 Å². The van der Waals surface area contributed by atoms with Gasteiger partial charge in [-0.3, -0.25) is 9.36 Å². The molecule has 0 unspecified atom stereocenters. The average molecular weight is 637 g/mol. The number of carbonyl (C=O) groups excluding carboxylic acids is 1. The second kappa shape index (κ2) is 12.7. The highest BCUT2D eigenvalue weighted by Crippen LogP contribution is 2.42. The average Bonchev–Trinajstić information content (AvgIpc) is 3.67. The molecule has 46 heavy (non-hydrogen) atoms. The Bertz CT molecular complexity index is 2160. The smallest absolute Gasteiger partial charge is 0.338 e. The lowest BCUT2D eigenvalue weighted by Gasteiger charge is -2.27. The summed E-state index contributed by atoms with van der Waals surface area (Å²) in [5.41, 5.74) is 2.22.